The number of benzene rings is 2. The predicted molar refractivity (Wildman–Crippen MR) is 133 cm³/mol. The molecular formula is C28H32N4O2. The SMILES string of the molecule is c1cn(-c2ccc(C3=c4ccc(OCCCN5CCOCC5)cc4=C4CCCN4C3)cc2)cn1. The van der Waals surface area contributed by atoms with Crippen LogP contribution in [-0.4, -0.2) is 71.9 Å². The lowest BCUT2D eigenvalue weighted by Gasteiger charge is -2.27. The van der Waals surface area contributed by atoms with E-state index < -0.39 is 0 Å². The predicted octanol–water partition coefficient (Wildman–Crippen LogP) is 2.39. The van der Waals surface area contributed by atoms with Crippen molar-refractivity contribution >= 4 is 11.3 Å². The molecule has 0 unspecified atom stereocenters. The number of fused-ring (bicyclic) bond motifs is 2. The maximum Gasteiger partial charge on any atom is 0.119 e. The molecule has 34 heavy (non-hydrogen) atoms. The number of hydrogen-bond acceptors (Lipinski definition) is 5. The van der Waals surface area contributed by atoms with Crippen LogP contribution in [0.15, 0.2) is 61.2 Å². The third-order valence-corrected chi connectivity index (χ3v) is 7.21. The van der Waals surface area contributed by atoms with Gasteiger partial charge in [0.2, 0.25) is 0 Å². The van der Waals surface area contributed by atoms with Gasteiger partial charge in [0.1, 0.15) is 5.75 Å². The zero-order chi connectivity index (χ0) is 22.7. The molecule has 0 saturated carbocycles. The molecule has 3 aliphatic heterocycles. The fourth-order valence-corrected chi connectivity index (χ4v) is 5.40. The number of rotatable bonds is 7. The standard InChI is InChI=1S/C28H32N4O2/c1-3-28-26-19-24(34-16-2-11-30-14-17-33-18-15-30)8-9-25(26)27(20-31(28)12-1)22-4-6-23(7-5-22)32-13-10-29-21-32/h4-10,13,19,21H,1-3,11-12,14-18,20H2. The van der Waals surface area contributed by atoms with Gasteiger partial charge in [-0.3, -0.25) is 4.90 Å². The van der Waals surface area contributed by atoms with E-state index in [0.717, 1.165) is 76.8 Å². The molecule has 0 amide bonds. The molecule has 0 spiro atoms. The van der Waals surface area contributed by atoms with Crippen molar-refractivity contribution < 1.29 is 9.47 Å². The van der Waals surface area contributed by atoms with Crippen molar-refractivity contribution in [3.8, 4) is 11.4 Å². The summed E-state index contributed by atoms with van der Waals surface area (Å²) in [5.41, 5.74) is 5.30. The Balaban J connectivity index is 1.25. The van der Waals surface area contributed by atoms with Crippen LogP contribution >= 0.6 is 0 Å². The molecule has 6 heteroatoms. The lowest BCUT2D eigenvalue weighted by Crippen LogP contribution is -2.41. The first-order chi connectivity index (χ1) is 16.8. The Morgan fingerprint density at radius 2 is 1.85 bits per heavy atom. The number of morpholine rings is 1. The highest BCUT2D eigenvalue weighted by Crippen LogP contribution is 2.27. The number of hydrogen-bond donors (Lipinski definition) is 0. The van der Waals surface area contributed by atoms with Gasteiger partial charge in [-0.1, -0.05) is 18.2 Å². The molecule has 1 aromatic heterocycles. The minimum Gasteiger partial charge on any atom is -0.494 e. The molecule has 2 fully saturated rings. The van der Waals surface area contributed by atoms with Gasteiger partial charge in [-0.25, -0.2) is 4.98 Å². The second-order valence-electron chi connectivity index (χ2n) is 9.33. The van der Waals surface area contributed by atoms with Gasteiger partial charge in [-0.05, 0) is 59.9 Å². The van der Waals surface area contributed by atoms with E-state index in [1.54, 1.807) is 0 Å². The second kappa shape index (κ2) is 9.65. The van der Waals surface area contributed by atoms with Crippen molar-refractivity contribution in [2.45, 2.75) is 19.3 Å². The third kappa shape index (κ3) is 4.36. The van der Waals surface area contributed by atoms with Crippen molar-refractivity contribution in [2.24, 2.45) is 0 Å². The number of imidazole rings is 1. The fourth-order valence-electron chi connectivity index (χ4n) is 5.40. The Morgan fingerprint density at radius 1 is 0.971 bits per heavy atom. The molecule has 3 aromatic rings. The van der Waals surface area contributed by atoms with Crippen LogP contribution in [0.5, 0.6) is 5.75 Å². The summed E-state index contributed by atoms with van der Waals surface area (Å²) < 4.78 is 13.7. The summed E-state index contributed by atoms with van der Waals surface area (Å²) in [4.78, 5) is 9.19. The monoisotopic (exact) mass is 456 g/mol. The Morgan fingerprint density at radius 3 is 2.68 bits per heavy atom. The highest BCUT2D eigenvalue weighted by Gasteiger charge is 2.24. The summed E-state index contributed by atoms with van der Waals surface area (Å²) >= 11 is 0. The summed E-state index contributed by atoms with van der Waals surface area (Å²) in [7, 11) is 0. The van der Waals surface area contributed by atoms with Crippen LogP contribution < -0.4 is 15.2 Å². The molecule has 0 bridgehead atoms. The first-order valence-corrected chi connectivity index (χ1v) is 12.5. The van der Waals surface area contributed by atoms with Crippen LogP contribution in [-0.2, 0) is 4.74 Å². The highest BCUT2D eigenvalue weighted by molar-refractivity contribution is 5.72. The minimum absolute atomic E-state index is 0.751. The van der Waals surface area contributed by atoms with Crippen LogP contribution in [0.1, 0.15) is 24.8 Å². The van der Waals surface area contributed by atoms with E-state index in [1.165, 1.54) is 33.7 Å². The second-order valence-corrected chi connectivity index (χ2v) is 9.33. The number of nitrogens with zero attached hydrogens (tertiary/aromatic N) is 4. The Kier molecular flexibility index (Phi) is 6.08. The normalized spacial score (nSPS) is 18.2. The summed E-state index contributed by atoms with van der Waals surface area (Å²) in [6.07, 6.45) is 9.05. The zero-order valence-electron chi connectivity index (χ0n) is 19.7. The fraction of sp³-hybridized carbons (Fsp3) is 0.393. The highest BCUT2D eigenvalue weighted by atomic mass is 16.5. The van der Waals surface area contributed by atoms with Gasteiger partial charge in [0.05, 0.1) is 26.1 Å². The molecule has 0 atom stereocenters. The number of aromatic nitrogens is 2. The molecule has 0 radical (unpaired) electrons. The van der Waals surface area contributed by atoms with Gasteiger partial charge in [0.15, 0.2) is 0 Å². The Labute approximate surface area is 200 Å². The Bertz CT molecular complexity index is 1240. The molecule has 176 valence electrons. The van der Waals surface area contributed by atoms with Gasteiger partial charge in [-0.2, -0.15) is 0 Å². The van der Waals surface area contributed by atoms with Crippen LogP contribution in [0.3, 0.4) is 0 Å². The van der Waals surface area contributed by atoms with Crippen LogP contribution in [0.4, 0.5) is 0 Å². The van der Waals surface area contributed by atoms with E-state index in [9.17, 15) is 0 Å². The van der Waals surface area contributed by atoms with Crippen molar-refractivity contribution in [1.29, 1.82) is 0 Å². The van der Waals surface area contributed by atoms with Gasteiger partial charge in [0, 0.05) is 61.7 Å². The Hall–Kier alpha value is -3.09. The largest absolute Gasteiger partial charge is 0.494 e. The van der Waals surface area contributed by atoms with Crippen molar-refractivity contribution in [1.82, 2.24) is 19.4 Å². The third-order valence-electron chi connectivity index (χ3n) is 7.21. The molecule has 0 aliphatic carbocycles. The van der Waals surface area contributed by atoms with Crippen molar-refractivity contribution in [2.75, 3.05) is 52.5 Å². The molecule has 2 saturated heterocycles. The van der Waals surface area contributed by atoms with Crippen LogP contribution in [0, 0.1) is 0 Å². The minimum atomic E-state index is 0.751. The average Bonchev–Trinajstić information content (AvgIpc) is 3.59. The molecule has 4 heterocycles. The van der Waals surface area contributed by atoms with Gasteiger partial charge >= 0.3 is 0 Å². The maximum atomic E-state index is 6.20. The van der Waals surface area contributed by atoms with E-state index >= 15 is 0 Å². The van der Waals surface area contributed by atoms with Crippen LogP contribution in [0.2, 0.25) is 0 Å². The lowest BCUT2D eigenvalue weighted by molar-refractivity contribution is 0.0358. The quantitative estimate of drug-likeness (QED) is 0.511. The summed E-state index contributed by atoms with van der Waals surface area (Å²) in [5.74, 6) is 0.983. The lowest BCUT2D eigenvalue weighted by atomic mass is 9.97. The molecule has 6 nitrogen and oxygen atoms in total. The van der Waals surface area contributed by atoms with E-state index in [-0.39, 0.29) is 0 Å². The van der Waals surface area contributed by atoms with Gasteiger partial charge in [-0.15, -0.1) is 0 Å². The smallest absolute Gasteiger partial charge is 0.119 e. The maximum absolute atomic E-state index is 6.20. The summed E-state index contributed by atoms with van der Waals surface area (Å²) in [6, 6.07) is 15.5. The molecular weight excluding hydrogens is 424 g/mol. The van der Waals surface area contributed by atoms with E-state index in [0.29, 0.717) is 0 Å². The summed E-state index contributed by atoms with van der Waals surface area (Å²) in [5, 5.41) is 2.70. The molecule has 2 aromatic carbocycles. The first kappa shape index (κ1) is 21.4. The first-order valence-electron chi connectivity index (χ1n) is 12.5. The van der Waals surface area contributed by atoms with Crippen LogP contribution in [0.25, 0.3) is 17.0 Å². The number of ether oxygens (including phenoxy) is 2. The van der Waals surface area contributed by atoms with Gasteiger partial charge in [0.25, 0.3) is 0 Å². The zero-order valence-corrected chi connectivity index (χ0v) is 19.7. The molecule has 0 N–H and O–H groups in total. The van der Waals surface area contributed by atoms with Gasteiger partial charge < -0.3 is 18.9 Å². The molecule has 3 aliphatic rings. The van der Waals surface area contributed by atoms with E-state index in [2.05, 4.69) is 57.2 Å². The molecule has 6 rings (SSSR count). The van der Waals surface area contributed by atoms with E-state index in [4.69, 9.17) is 9.47 Å². The van der Waals surface area contributed by atoms with Crippen molar-refractivity contribution in [3.63, 3.8) is 0 Å². The average molecular weight is 457 g/mol. The summed E-state index contributed by atoms with van der Waals surface area (Å²) in [6.45, 7) is 7.72. The van der Waals surface area contributed by atoms with Crippen molar-refractivity contribution in [3.05, 3.63) is 77.2 Å². The topological polar surface area (TPSA) is 42.8 Å². The van der Waals surface area contributed by atoms with E-state index in [1.807, 2.05) is 23.3 Å².